The first-order valence-electron chi connectivity index (χ1n) is 6.54. The van der Waals surface area contributed by atoms with E-state index in [-0.39, 0.29) is 23.5 Å². The minimum atomic E-state index is -0.00215. The maximum Gasteiger partial charge on any atom is 0.222 e. The van der Waals surface area contributed by atoms with Crippen LogP contribution in [0.5, 0.6) is 0 Å². The van der Waals surface area contributed by atoms with Crippen LogP contribution in [0.2, 0.25) is 0 Å². The number of ether oxygens (including phenoxy) is 1. The van der Waals surface area contributed by atoms with Crippen LogP contribution in [-0.4, -0.2) is 31.2 Å². The van der Waals surface area contributed by atoms with Gasteiger partial charge in [0.25, 0.3) is 0 Å². The van der Waals surface area contributed by atoms with E-state index in [1.54, 1.807) is 0 Å². The normalized spacial score (nSPS) is 23.2. The number of nitrogens with two attached hydrogens (primary N) is 1. The van der Waals surface area contributed by atoms with Gasteiger partial charge >= 0.3 is 0 Å². The van der Waals surface area contributed by atoms with Gasteiger partial charge in [0.1, 0.15) is 0 Å². The molecule has 0 radical (unpaired) electrons. The second kappa shape index (κ2) is 6.36. The lowest BCUT2D eigenvalue weighted by atomic mass is 9.86. The van der Waals surface area contributed by atoms with Crippen LogP contribution in [0.25, 0.3) is 0 Å². The maximum absolute atomic E-state index is 11.9. The predicted octanol–water partition coefficient (Wildman–Crippen LogP) is 1.44. The molecular weight excluding hydrogens is 216 g/mol. The average Bonchev–Trinajstić information content (AvgIpc) is 2.25. The van der Waals surface area contributed by atoms with Gasteiger partial charge in [0.15, 0.2) is 0 Å². The minimum Gasteiger partial charge on any atom is -0.378 e. The van der Waals surface area contributed by atoms with Crippen LogP contribution in [0.4, 0.5) is 0 Å². The van der Waals surface area contributed by atoms with Crippen LogP contribution in [0.1, 0.15) is 46.5 Å². The molecule has 0 aromatic carbocycles. The smallest absolute Gasteiger partial charge is 0.222 e. The Hall–Kier alpha value is -0.610. The van der Waals surface area contributed by atoms with Gasteiger partial charge in [-0.1, -0.05) is 20.8 Å². The molecule has 0 aromatic rings. The van der Waals surface area contributed by atoms with Crippen LogP contribution in [0.3, 0.4) is 0 Å². The van der Waals surface area contributed by atoms with Crippen molar-refractivity contribution in [2.24, 2.45) is 11.1 Å². The van der Waals surface area contributed by atoms with E-state index in [9.17, 15) is 4.79 Å². The van der Waals surface area contributed by atoms with Crippen LogP contribution in [0.15, 0.2) is 0 Å². The van der Waals surface area contributed by atoms with Crippen molar-refractivity contribution in [1.29, 1.82) is 0 Å². The van der Waals surface area contributed by atoms with Gasteiger partial charge in [-0.3, -0.25) is 4.79 Å². The molecule has 0 bridgehead atoms. The van der Waals surface area contributed by atoms with Crippen LogP contribution in [-0.2, 0) is 9.53 Å². The third kappa shape index (κ3) is 5.04. The second-order valence-electron chi connectivity index (χ2n) is 5.91. The molecule has 3 N–H and O–H groups in total. The zero-order chi connectivity index (χ0) is 12.9. The van der Waals surface area contributed by atoms with E-state index in [4.69, 9.17) is 10.5 Å². The maximum atomic E-state index is 11.9. The van der Waals surface area contributed by atoms with Crippen molar-refractivity contribution in [1.82, 2.24) is 5.32 Å². The molecule has 0 aromatic heterocycles. The van der Waals surface area contributed by atoms with Crippen LogP contribution >= 0.6 is 0 Å². The monoisotopic (exact) mass is 242 g/mol. The number of amides is 1. The molecule has 1 saturated heterocycles. The fourth-order valence-corrected chi connectivity index (χ4v) is 2.06. The molecule has 1 aliphatic heterocycles. The molecule has 1 heterocycles. The Kier molecular flexibility index (Phi) is 5.40. The van der Waals surface area contributed by atoms with Crippen molar-refractivity contribution in [3.05, 3.63) is 0 Å². The summed E-state index contributed by atoms with van der Waals surface area (Å²) in [5.41, 5.74) is 5.69. The lowest BCUT2D eigenvalue weighted by Crippen LogP contribution is -2.49. The molecule has 1 aliphatic rings. The molecule has 4 heteroatoms. The number of hydrogen-bond donors (Lipinski definition) is 2. The predicted molar refractivity (Wildman–Crippen MR) is 68.6 cm³/mol. The number of nitrogens with one attached hydrogen (secondary N) is 1. The number of hydrogen-bond acceptors (Lipinski definition) is 3. The zero-order valence-electron chi connectivity index (χ0n) is 11.3. The quantitative estimate of drug-likeness (QED) is 0.784. The van der Waals surface area contributed by atoms with E-state index < -0.39 is 0 Å². The van der Waals surface area contributed by atoms with E-state index in [1.165, 1.54) is 0 Å². The number of carbonyl (C=O) groups excluding carboxylic acids is 1. The highest BCUT2D eigenvalue weighted by molar-refractivity contribution is 5.76. The van der Waals surface area contributed by atoms with Crippen LogP contribution < -0.4 is 11.1 Å². The minimum absolute atomic E-state index is 0.00215. The largest absolute Gasteiger partial charge is 0.378 e. The third-order valence-electron chi connectivity index (χ3n) is 3.30. The lowest BCUT2D eigenvalue weighted by Gasteiger charge is -2.31. The van der Waals surface area contributed by atoms with Gasteiger partial charge in [-0.2, -0.15) is 0 Å². The second-order valence-corrected chi connectivity index (χ2v) is 5.91. The average molecular weight is 242 g/mol. The molecule has 1 fully saturated rings. The topological polar surface area (TPSA) is 64.3 Å². The van der Waals surface area contributed by atoms with Crippen molar-refractivity contribution >= 4 is 5.91 Å². The molecule has 17 heavy (non-hydrogen) atoms. The van der Waals surface area contributed by atoms with Gasteiger partial charge in [0.05, 0.1) is 12.5 Å². The van der Waals surface area contributed by atoms with Crippen LogP contribution in [0, 0.1) is 5.41 Å². The summed E-state index contributed by atoms with van der Waals surface area (Å²) in [6, 6.07) is 0.0265. The number of rotatable bonds is 4. The summed E-state index contributed by atoms with van der Waals surface area (Å²) >= 11 is 0. The molecule has 100 valence electrons. The summed E-state index contributed by atoms with van der Waals surface area (Å²) in [6.45, 7) is 7.52. The van der Waals surface area contributed by atoms with E-state index >= 15 is 0 Å². The summed E-state index contributed by atoms with van der Waals surface area (Å²) < 4.78 is 5.56. The van der Waals surface area contributed by atoms with Gasteiger partial charge in [-0.25, -0.2) is 0 Å². The SMILES string of the molecule is CC(C)(C)C(CN)NC(=O)CC1CCCCO1. The Morgan fingerprint density at radius 3 is 2.65 bits per heavy atom. The molecule has 2 unspecified atom stereocenters. The first-order valence-corrected chi connectivity index (χ1v) is 6.54. The van der Waals surface area contributed by atoms with Gasteiger partial charge in [-0.15, -0.1) is 0 Å². The highest BCUT2D eigenvalue weighted by Gasteiger charge is 2.26. The van der Waals surface area contributed by atoms with E-state index in [0.29, 0.717) is 13.0 Å². The summed E-state index contributed by atoms with van der Waals surface area (Å²) in [5, 5.41) is 3.01. The van der Waals surface area contributed by atoms with Crippen molar-refractivity contribution in [2.75, 3.05) is 13.2 Å². The summed E-state index contributed by atoms with van der Waals surface area (Å²) in [6.07, 6.45) is 3.84. The molecule has 1 rings (SSSR count). The fraction of sp³-hybridized carbons (Fsp3) is 0.923. The van der Waals surface area contributed by atoms with Gasteiger partial charge in [0, 0.05) is 19.2 Å². The number of carbonyl (C=O) groups is 1. The standard InChI is InChI=1S/C13H26N2O2/c1-13(2,3)11(9-14)15-12(16)8-10-6-4-5-7-17-10/h10-11H,4-9,14H2,1-3H3,(H,15,16). The molecule has 0 saturated carbocycles. The van der Waals surface area contributed by atoms with Crippen molar-refractivity contribution in [2.45, 2.75) is 58.6 Å². The molecule has 2 atom stereocenters. The molecule has 0 aliphatic carbocycles. The van der Waals surface area contributed by atoms with Gasteiger partial charge in [0.2, 0.25) is 5.91 Å². The Balaban J connectivity index is 2.37. The molecule has 0 spiro atoms. The summed E-state index contributed by atoms with van der Waals surface area (Å²) in [7, 11) is 0. The highest BCUT2D eigenvalue weighted by Crippen LogP contribution is 2.19. The molecule has 1 amide bonds. The van der Waals surface area contributed by atoms with Gasteiger partial charge < -0.3 is 15.8 Å². The fourth-order valence-electron chi connectivity index (χ4n) is 2.06. The Morgan fingerprint density at radius 1 is 1.47 bits per heavy atom. The van der Waals surface area contributed by atoms with E-state index in [0.717, 1.165) is 25.9 Å². The first-order chi connectivity index (χ1) is 7.93. The lowest BCUT2D eigenvalue weighted by molar-refractivity contribution is -0.126. The highest BCUT2D eigenvalue weighted by atomic mass is 16.5. The van der Waals surface area contributed by atoms with Crippen molar-refractivity contribution in [3.63, 3.8) is 0 Å². The molecular formula is C13H26N2O2. The zero-order valence-corrected chi connectivity index (χ0v) is 11.3. The summed E-state index contributed by atoms with van der Waals surface area (Å²) in [4.78, 5) is 11.9. The Bertz CT molecular complexity index is 242. The van der Waals surface area contributed by atoms with E-state index in [1.807, 2.05) is 0 Å². The first kappa shape index (κ1) is 14.5. The molecule has 4 nitrogen and oxygen atoms in total. The van der Waals surface area contributed by atoms with Crippen molar-refractivity contribution < 1.29 is 9.53 Å². The Morgan fingerprint density at radius 2 is 2.18 bits per heavy atom. The van der Waals surface area contributed by atoms with Crippen molar-refractivity contribution in [3.8, 4) is 0 Å². The van der Waals surface area contributed by atoms with Gasteiger partial charge in [-0.05, 0) is 24.7 Å². The third-order valence-corrected chi connectivity index (χ3v) is 3.30. The summed E-state index contributed by atoms with van der Waals surface area (Å²) in [5.74, 6) is 0.0577. The van der Waals surface area contributed by atoms with E-state index in [2.05, 4.69) is 26.1 Å². The Labute approximate surface area is 104 Å².